The maximum absolute atomic E-state index is 13.3. The fraction of sp³-hybridized carbons (Fsp3) is 0.391. The smallest absolute Gasteiger partial charge is 0.204 e. The van der Waals surface area contributed by atoms with Crippen LogP contribution in [0.25, 0.3) is 11.1 Å². The molecule has 2 aliphatic rings. The molecule has 0 bridgehead atoms. The number of rotatable bonds is 2. The number of Topliss-reactive ketones (excluding diaryl/α,β-unsaturated/α-hetero) is 1. The number of benzene rings is 2. The highest BCUT2D eigenvalue weighted by atomic mass is 35.5. The van der Waals surface area contributed by atoms with Gasteiger partial charge in [0, 0.05) is 5.02 Å². The molecule has 1 saturated carbocycles. The molecule has 1 heterocycles. The van der Waals surface area contributed by atoms with Crippen LogP contribution in [0.4, 0.5) is 0 Å². The van der Waals surface area contributed by atoms with E-state index in [1.165, 1.54) is 18.2 Å². The maximum atomic E-state index is 13.3. The van der Waals surface area contributed by atoms with E-state index in [0.29, 0.717) is 5.02 Å². The van der Waals surface area contributed by atoms with E-state index in [9.17, 15) is 9.59 Å². The van der Waals surface area contributed by atoms with Crippen LogP contribution in [0, 0.1) is 13.8 Å². The molecule has 1 atom stereocenters. The molecule has 1 aliphatic carbocycles. The first-order chi connectivity index (χ1) is 12.9. The second kappa shape index (κ2) is 7.10. The van der Waals surface area contributed by atoms with Gasteiger partial charge in [0.25, 0.3) is 0 Å². The summed E-state index contributed by atoms with van der Waals surface area (Å²) >= 11 is 7.32. The van der Waals surface area contributed by atoms with Gasteiger partial charge in [-0.05, 0) is 66.6 Å². The lowest BCUT2D eigenvalue weighted by Gasteiger charge is -2.30. The Morgan fingerprint density at radius 2 is 1.63 bits per heavy atom. The third kappa shape index (κ3) is 3.25. The lowest BCUT2D eigenvalue weighted by atomic mass is 9.78. The van der Waals surface area contributed by atoms with Crippen molar-refractivity contribution in [2.45, 2.75) is 56.6 Å². The van der Waals surface area contributed by atoms with E-state index in [0.717, 1.165) is 53.5 Å². The van der Waals surface area contributed by atoms with Crippen molar-refractivity contribution >= 4 is 34.3 Å². The Labute approximate surface area is 169 Å². The number of halogens is 1. The van der Waals surface area contributed by atoms with Gasteiger partial charge < -0.3 is 0 Å². The Balaban J connectivity index is 1.72. The van der Waals surface area contributed by atoms with E-state index in [1.54, 1.807) is 0 Å². The SMILES string of the molecule is Cc1cc(C2C(=O)SC3(CCCCC3)C2=O)c(C)cc1-c1ccc(Cl)cc1. The number of hydrogen-bond acceptors (Lipinski definition) is 3. The molecule has 0 N–H and O–H groups in total. The first-order valence-corrected chi connectivity index (χ1v) is 10.7. The number of hydrogen-bond donors (Lipinski definition) is 0. The van der Waals surface area contributed by atoms with Crippen molar-refractivity contribution in [2.75, 3.05) is 0 Å². The topological polar surface area (TPSA) is 34.1 Å². The lowest BCUT2D eigenvalue weighted by Crippen LogP contribution is -2.35. The normalized spacial score (nSPS) is 21.8. The molecular formula is C23H23ClO2S. The predicted molar refractivity (Wildman–Crippen MR) is 113 cm³/mol. The molecule has 0 radical (unpaired) electrons. The minimum absolute atomic E-state index is 0.0312. The molecule has 140 valence electrons. The summed E-state index contributed by atoms with van der Waals surface area (Å²) in [6.45, 7) is 4.05. The van der Waals surface area contributed by atoms with E-state index >= 15 is 0 Å². The Hall–Kier alpha value is -1.58. The monoisotopic (exact) mass is 398 g/mol. The van der Waals surface area contributed by atoms with Crippen LogP contribution in [-0.4, -0.2) is 15.6 Å². The molecular weight excluding hydrogens is 376 g/mol. The second-order valence-electron chi connectivity index (χ2n) is 7.80. The molecule has 4 heteroatoms. The van der Waals surface area contributed by atoms with E-state index < -0.39 is 10.7 Å². The van der Waals surface area contributed by atoms with E-state index in [-0.39, 0.29) is 10.9 Å². The van der Waals surface area contributed by atoms with E-state index in [2.05, 4.69) is 6.07 Å². The quantitative estimate of drug-likeness (QED) is 0.560. The molecule has 1 saturated heterocycles. The highest BCUT2D eigenvalue weighted by molar-refractivity contribution is 8.16. The van der Waals surface area contributed by atoms with Gasteiger partial charge in [-0.1, -0.05) is 66.9 Å². The Morgan fingerprint density at radius 3 is 2.30 bits per heavy atom. The third-order valence-corrected chi connectivity index (χ3v) is 7.67. The summed E-state index contributed by atoms with van der Waals surface area (Å²) in [7, 11) is 0. The fourth-order valence-corrected chi connectivity index (χ4v) is 6.08. The summed E-state index contributed by atoms with van der Waals surface area (Å²) in [5, 5.41) is 0.741. The lowest BCUT2D eigenvalue weighted by molar-refractivity contribution is -0.125. The molecule has 4 rings (SSSR count). The number of thioether (sulfide) groups is 1. The van der Waals surface area contributed by atoms with Gasteiger partial charge in [-0.3, -0.25) is 9.59 Å². The van der Waals surface area contributed by atoms with Crippen molar-refractivity contribution < 1.29 is 9.59 Å². The zero-order chi connectivity index (χ0) is 19.2. The summed E-state index contributed by atoms with van der Waals surface area (Å²) in [6, 6.07) is 11.9. The number of aryl methyl sites for hydroxylation is 2. The van der Waals surface area contributed by atoms with Gasteiger partial charge in [0.2, 0.25) is 5.12 Å². The summed E-state index contributed by atoms with van der Waals surface area (Å²) in [5.41, 5.74) is 5.17. The Kier molecular flexibility index (Phi) is 4.94. The van der Waals surface area contributed by atoms with Crippen LogP contribution in [0.1, 0.15) is 54.7 Å². The molecule has 1 unspecified atom stereocenters. The molecule has 1 spiro atoms. The van der Waals surface area contributed by atoms with Crippen LogP contribution in [0.2, 0.25) is 5.02 Å². The standard InChI is InChI=1S/C23H23ClO2S/c1-14-13-19(15(2)12-18(14)16-6-8-17(24)9-7-16)20-21(25)23(27-22(20)26)10-4-3-5-11-23/h6-9,12-13,20H,3-5,10-11H2,1-2H3. The van der Waals surface area contributed by atoms with Crippen LogP contribution >= 0.6 is 23.4 Å². The van der Waals surface area contributed by atoms with Crippen LogP contribution < -0.4 is 0 Å². The molecule has 2 nitrogen and oxygen atoms in total. The molecule has 2 aromatic rings. The van der Waals surface area contributed by atoms with Crippen molar-refractivity contribution in [3.63, 3.8) is 0 Å². The largest absolute Gasteiger partial charge is 0.297 e. The predicted octanol–water partition coefficient (Wildman–Crippen LogP) is 6.25. The van der Waals surface area contributed by atoms with Gasteiger partial charge in [0.1, 0.15) is 5.92 Å². The zero-order valence-electron chi connectivity index (χ0n) is 15.7. The Morgan fingerprint density at radius 1 is 0.963 bits per heavy atom. The first-order valence-electron chi connectivity index (χ1n) is 9.55. The van der Waals surface area contributed by atoms with E-state index in [1.807, 2.05) is 44.2 Å². The molecule has 2 fully saturated rings. The van der Waals surface area contributed by atoms with Gasteiger partial charge in [-0.2, -0.15) is 0 Å². The molecule has 1 aliphatic heterocycles. The van der Waals surface area contributed by atoms with Crippen molar-refractivity contribution in [3.8, 4) is 11.1 Å². The zero-order valence-corrected chi connectivity index (χ0v) is 17.3. The van der Waals surface area contributed by atoms with Gasteiger partial charge in [0.05, 0.1) is 4.75 Å². The fourth-order valence-electron chi connectivity index (χ4n) is 4.50. The molecule has 2 aromatic carbocycles. The van der Waals surface area contributed by atoms with Crippen LogP contribution in [0.3, 0.4) is 0 Å². The highest BCUT2D eigenvalue weighted by Crippen LogP contribution is 2.52. The van der Waals surface area contributed by atoms with Gasteiger partial charge in [-0.15, -0.1) is 0 Å². The molecule has 0 amide bonds. The molecule has 0 aromatic heterocycles. The Bertz CT molecular complexity index is 911. The number of carbonyl (C=O) groups excluding carboxylic acids is 2. The van der Waals surface area contributed by atoms with Gasteiger partial charge in [-0.25, -0.2) is 0 Å². The van der Waals surface area contributed by atoms with Gasteiger partial charge >= 0.3 is 0 Å². The first kappa shape index (κ1) is 18.8. The van der Waals surface area contributed by atoms with Crippen molar-refractivity contribution in [2.24, 2.45) is 0 Å². The maximum Gasteiger partial charge on any atom is 0.204 e. The minimum Gasteiger partial charge on any atom is -0.297 e. The van der Waals surface area contributed by atoms with Crippen LogP contribution in [0.5, 0.6) is 0 Å². The second-order valence-corrected chi connectivity index (χ2v) is 9.63. The van der Waals surface area contributed by atoms with Crippen LogP contribution in [-0.2, 0) is 9.59 Å². The average Bonchev–Trinajstić information content (AvgIpc) is 2.88. The van der Waals surface area contributed by atoms with Crippen molar-refractivity contribution in [1.29, 1.82) is 0 Å². The summed E-state index contributed by atoms with van der Waals surface area (Å²) in [4.78, 5) is 26.1. The highest BCUT2D eigenvalue weighted by Gasteiger charge is 2.54. The van der Waals surface area contributed by atoms with Crippen LogP contribution in [0.15, 0.2) is 36.4 Å². The third-order valence-electron chi connectivity index (χ3n) is 5.98. The van der Waals surface area contributed by atoms with Crippen molar-refractivity contribution in [3.05, 3.63) is 58.1 Å². The van der Waals surface area contributed by atoms with E-state index in [4.69, 9.17) is 11.6 Å². The number of carbonyl (C=O) groups is 2. The summed E-state index contributed by atoms with van der Waals surface area (Å²) < 4.78 is -0.463. The summed E-state index contributed by atoms with van der Waals surface area (Å²) in [5.74, 6) is -0.468. The molecule has 27 heavy (non-hydrogen) atoms. The van der Waals surface area contributed by atoms with Gasteiger partial charge in [0.15, 0.2) is 5.78 Å². The van der Waals surface area contributed by atoms with Crippen molar-refractivity contribution in [1.82, 2.24) is 0 Å². The summed E-state index contributed by atoms with van der Waals surface area (Å²) in [6.07, 6.45) is 4.96. The average molecular weight is 399 g/mol. The minimum atomic E-state index is -0.605. The number of ketones is 1.